The van der Waals surface area contributed by atoms with Crippen LogP contribution >= 0.6 is 0 Å². The Morgan fingerprint density at radius 1 is 1.21 bits per heavy atom. The van der Waals surface area contributed by atoms with Crippen LogP contribution in [-0.4, -0.2) is 63.2 Å². The maximum atomic E-state index is 3.28. The lowest BCUT2D eigenvalue weighted by Crippen LogP contribution is -2.48. The van der Waals surface area contributed by atoms with Crippen LogP contribution in [0.15, 0.2) is 0 Å². The van der Waals surface area contributed by atoms with E-state index in [0.29, 0.717) is 0 Å². The third kappa shape index (κ3) is 2.47. The van der Waals surface area contributed by atoms with Crippen molar-refractivity contribution in [1.82, 2.24) is 15.1 Å². The van der Waals surface area contributed by atoms with Gasteiger partial charge in [-0.3, -0.25) is 0 Å². The first-order chi connectivity index (χ1) is 6.78. The van der Waals surface area contributed by atoms with E-state index in [1.54, 1.807) is 0 Å². The van der Waals surface area contributed by atoms with Crippen molar-refractivity contribution in [3.63, 3.8) is 0 Å². The number of hydrogen-bond donors (Lipinski definition) is 1. The number of rotatable bonds is 4. The van der Waals surface area contributed by atoms with Crippen LogP contribution in [0.25, 0.3) is 0 Å². The van der Waals surface area contributed by atoms with E-state index >= 15 is 0 Å². The van der Waals surface area contributed by atoms with Gasteiger partial charge in [-0.1, -0.05) is 0 Å². The van der Waals surface area contributed by atoms with Crippen LogP contribution in [0.3, 0.4) is 0 Å². The van der Waals surface area contributed by atoms with E-state index < -0.39 is 0 Å². The van der Waals surface area contributed by atoms with Gasteiger partial charge >= 0.3 is 0 Å². The van der Waals surface area contributed by atoms with E-state index in [1.807, 2.05) is 0 Å². The lowest BCUT2D eigenvalue weighted by molar-refractivity contribution is 0.0983. The summed E-state index contributed by atoms with van der Waals surface area (Å²) in [5.74, 6) is 1.85. The number of hydrogen-bond acceptors (Lipinski definition) is 3. The Morgan fingerprint density at radius 2 is 2.00 bits per heavy atom. The van der Waals surface area contributed by atoms with E-state index in [9.17, 15) is 0 Å². The molecular formula is C11H23N3. The second kappa shape index (κ2) is 4.60. The first-order valence-electron chi connectivity index (χ1n) is 5.83. The molecule has 0 aliphatic carbocycles. The van der Waals surface area contributed by atoms with E-state index in [0.717, 1.165) is 11.8 Å². The average molecular weight is 197 g/mol. The maximum absolute atomic E-state index is 3.28. The van der Waals surface area contributed by atoms with Crippen molar-refractivity contribution in [1.29, 1.82) is 0 Å². The number of likely N-dealkylation sites (tertiary alicyclic amines) is 2. The van der Waals surface area contributed by atoms with Gasteiger partial charge in [-0.2, -0.15) is 0 Å². The molecule has 2 rings (SSSR count). The molecule has 2 fully saturated rings. The summed E-state index contributed by atoms with van der Waals surface area (Å²) in [5.41, 5.74) is 0. The van der Waals surface area contributed by atoms with Gasteiger partial charge in [0.15, 0.2) is 0 Å². The molecule has 0 aromatic carbocycles. The molecule has 1 unspecified atom stereocenters. The van der Waals surface area contributed by atoms with Gasteiger partial charge in [-0.05, 0) is 45.4 Å². The summed E-state index contributed by atoms with van der Waals surface area (Å²) in [4.78, 5) is 5.06. The predicted octanol–water partition coefficient (Wildman–Crippen LogP) is 0.0893. The summed E-state index contributed by atoms with van der Waals surface area (Å²) in [6, 6.07) is 0. The smallest absolute Gasteiger partial charge is 0.00343 e. The Hall–Kier alpha value is -0.120. The average Bonchev–Trinajstić information content (AvgIpc) is 2.51. The topological polar surface area (TPSA) is 18.5 Å². The third-order valence-corrected chi connectivity index (χ3v) is 3.52. The van der Waals surface area contributed by atoms with Crippen LogP contribution in [0.5, 0.6) is 0 Å². The summed E-state index contributed by atoms with van der Waals surface area (Å²) in [6.07, 6.45) is 1.39. The molecule has 2 saturated heterocycles. The molecule has 1 N–H and O–H groups in total. The quantitative estimate of drug-likeness (QED) is 0.689. The summed E-state index contributed by atoms with van der Waals surface area (Å²) >= 11 is 0. The summed E-state index contributed by atoms with van der Waals surface area (Å²) < 4.78 is 0. The van der Waals surface area contributed by atoms with Gasteiger partial charge in [-0.15, -0.1) is 0 Å². The second-order valence-corrected chi connectivity index (χ2v) is 5.06. The van der Waals surface area contributed by atoms with Crippen molar-refractivity contribution >= 4 is 0 Å². The highest BCUT2D eigenvalue weighted by molar-refractivity contribution is 4.84. The van der Waals surface area contributed by atoms with Crippen molar-refractivity contribution < 1.29 is 0 Å². The lowest BCUT2D eigenvalue weighted by Gasteiger charge is -2.38. The molecule has 0 amide bonds. The molecule has 0 bridgehead atoms. The van der Waals surface area contributed by atoms with Gasteiger partial charge in [0.1, 0.15) is 0 Å². The van der Waals surface area contributed by atoms with E-state index in [1.165, 1.54) is 45.7 Å². The third-order valence-electron chi connectivity index (χ3n) is 3.52. The zero-order valence-corrected chi connectivity index (χ0v) is 9.50. The van der Waals surface area contributed by atoms with E-state index in [-0.39, 0.29) is 0 Å². The minimum atomic E-state index is 0.901. The zero-order chi connectivity index (χ0) is 9.97. The largest absolute Gasteiger partial charge is 0.319 e. The number of nitrogens with zero attached hydrogens (tertiary/aromatic N) is 2. The van der Waals surface area contributed by atoms with Crippen LogP contribution in [0, 0.1) is 11.8 Å². The molecule has 14 heavy (non-hydrogen) atoms. The fraction of sp³-hybridized carbons (Fsp3) is 1.00. The van der Waals surface area contributed by atoms with Gasteiger partial charge < -0.3 is 15.1 Å². The second-order valence-electron chi connectivity index (χ2n) is 5.06. The highest BCUT2D eigenvalue weighted by Gasteiger charge is 2.28. The van der Waals surface area contributed by atoms with Crippen molar-refractivity contribution in [2.24, 2.45) is 11.8 Å². The summed E-state index contributed by atoms with van der Waals surface area (Å²) in [6.45, 7) is 7.81. The highest BCUT2D eigenvalue weighted by Crippen LogP contribution is 2.20. The van der Waals surface area contributed by atoms with Gasteiger partial charge in [0.2, 0.25) is 0 Å². The SMILES string of the molecule is CNCC1CCN(CC2CN(C)C2)C1. The molecule has 0 spiro atoms. The Labute approximate surface area is 87.4 Å². The highest BCUT2D eigenvalue weighted by atomic mass is 15.2. The zero-order valence-electron chi connectivity index (χ0n) is 9.50. The molecule has 3 nitrogen and oxygen atoms in total. The first kappa shape index (κ1) is 10.4. The van der Waals surface area contributed by atoms with Crippen LogP contribution in [0.1, 0.15) is 6.42 Å². The van der Waals surface area contributed by atoms with Crippen LogP contribution in [0.2, 0.25) is 0 Å². The molecule has 2 aliphatic rings. The Balaban J connectivity index is 1.63. The Morgan fingerprint density at radius 3 is 2.64 bits per heavy atom. The fourth-order valence-corrected chi connectivity index (χ4v) is 2.84. The van der Waals surface area contributed by atoms with Gasteiger partial charge in [0.05, 0.1) is 0 Å². The molecule has 0 aromatic rings. The molecular weight excluding hydrogens is 174 g/mol. The van der Waals surface area contributed by atoms with Crippen LogP contribution in [-0.2, 0) is 0 Å². The standard InChI is InChI=1S/C11H23N3/c1-12-5-10-3-4-14(8-10)9-11-6-13(2)7-11/h10-12H,3-9H2,1-2H3. The number of nitrogens with one attached hydrogen (secondary N) is 1. The lowest BCUT2D eigenvalue weighted by atomic mass is 10.0. The molecule has 0 radical (unpaired) electrons. The Bertz CT molecular complexity index is 177. The minimum Gasteiger partial charge on any atom is -0.319 e. The van der Waals surface area contributed by atoms with E-state index in [4.69, 9.17) is 0 Å². The minimum absolute atomic E-state index is 0.901. The van der Waals surface area contributed by atoms with E-state index in [2.05, 4.69) is 29.2 Å². The van der Waals surface area contributed by atoms with Gasteiger partial charge in [0, 0.05) is 26.2 Å². The normalized spacial score (nSPS) is 30.9. The molecule has 2 aliphatic heterocycles. The molecule has 0 aromatic heterocycles. The predicted molar refractivity (Wildman–Crippen MR) is 59.5 cm³/mol. The Kier molecular flexibility index (Phi) is 3.42. The van der Waals surface area contributed by atoms with Crippen LogP contribution < -0.4 is 5.32 Å². The van der Waals surface area contributed by atoms with Gasteiger partial charge in [0.25, 0.3) is 0 Å². The first-order valence-corrected chi connectivity index (χ1v) is 5.83. The summed E-state index contributed by atoms with van der Waals surface area (Å²) in [7, 11) is 4.27. The van der Waals surface area contributed by atoms with Crippen molar-refractivity contribution in [2.45, 2.75) is 6.42 Å². The van der Waals surface area contributed by atoms with Crippen molar-refractivity contribution in [3.05, 3.63) is 0 Å². The molecule has 3 heteroatoms. The molecule has 2 heterocycles. The van der Waals surface area contributed by atoms with Crippen molar-refractivity contribution in [3.8, 4) is 0 Å². The molecule has 82 valence electrons. The fourth-order valence-electron chi connectivity index (χ4n) is 2.84. The molecule has 0 saturated carbocycles. The molecule has 1 atom stereocenters. The summed E-state index contributed by atoms with van der Waals surface area (Å²) in [5, 5.41) is 3.28. The van der Waals surface area contributed by atoms with Gasteiger partial charge in [-0.25, -0.2) is 0 Å². The van der Waals surface area contributed by atoms with Crippen LogP contribution in [0.4, 0.5) is 0 Å². The monoisotopic (exact) mass is 197 g/mol. The van der Waals surface area contributed by atoms with Crippen molar-refractivity contribution in [2.75, 3.05) is 53.4 Å². The maximum Gasteiger partial charge on any atom is 0.00343 e.